The van der Waals surface area contributed by atoms with Crippen molar-refractivity contribution in [2.75, 3.05) is 7.11 Å². The molecule has 1 aliphatic rings. The van der Waals surface area contributed by atoms with Gasteiger partial charge in [0.1, 0.15) is 22.7 Å². The van der Waals surface area contributed by atoms with Crippen LogP contribution in [0.3, 0.4) is 0 Å². The minimum absolute atomic E-state index is 0.160. The predicted octanol–water partition coefficient (Wildman–Crippen LogP) is 3.53. The Kier molecular flexibility index (Phi) is 4.46. The molecule has 3 heterocycles. The fourth-order valence-electron chi connectivity index (χ4n) is 4.57. The van der Waals surface area contributed by atoms with Gasteiger partial charge in [0.05, 0.1) is 34.5 Å². The standard InChI is InChI=1S/C25H22N2O6/c1-12(28)32-23-22(30)19-17(33-25(23,2)3)11-16(31-5)18-20(19)27(4)24-14(21(18)29)10-13-8-6-7-9-15(13)26-24/h6-11,23H,1-5H3. The van der Waals surface area contributed by atoms with E-state index in [-0.39, 0.29) is 27.9 Å². The Labute approximate surface area is 188 Å². The third-order valence-corrected chi connectivity index (χ3v) is 6.05. The highest BCUT2D eigenvalue weighted by Gasteiger charge is 2.47. The number of pyridine rings is 2. The van der Waals surface area contributed by atoms with E-state index in [0.717, 1.165) is 10.9 Å². The number of aromatic nitrogens is 2. The van der Waals surface area contributed by atoms with E-state index in [1.54, 1.807) is 37.6 Å². The van der Waals surface area contributed by atoms with Crippen molar-refractivity contribution in [2.45, 2.75) is 32.5 Å². The predicted molar refractivity (Wildman–Crippen MR) is 123 cm³/mol. The van der Waals surface area contributed by atoms with Gasteiger partial charge in [-0.15, -0.1) is 0 Å². The molecule has 2 aromatic heterocycles. The zero-order valence-electron chi connectivity index (χ0n) is 18.9. The smallest absolute Gasteiger partial charge is 0.303 e. The second-order valence-electron chi connectivity index (χ2n) is 8.68. The number of carbonyl (C=O) groups is 2. The first-order chi connectivity index (χ1) is 15.6. The molecular weight excluding hydrogens is 424 g/mol. The molecule has 33 heavy (non-hydrogen) atoms. The van der Waals surface area contributed by atoms with Crippen LogP contribution < -0.4 is 14.9 Å². The lowest BCUT2D eigenvalue weighted by molar-refractivity contribution is -0.153. The molecule has 0 radical (unpaired) electrons. The number of hydrogen-bond donors (Lipinski definition) is 0. The van der Waals surface area contributed by atoms with E-state index in [0.29, 0.717) is 16.6 Å². The monoisotopic (exact) mass is 446 g/mol. The second-order valence-corrected chi connectivity index (χ2v) is 8.68. The number of Topliss-reactive ketones (excluding diaryl/α,β-unsaturated/α-hetero) is 1. The quantitative estimate of drug-likeness (QED) is 0.343. The number of ketones is 1. The normalized spacial score (nSPS) is 17.1. The van der Waals surface area contributed by atoms with Crippen LogP contribution in [-0.4, -0.2) is 40.1 Å². The first kappa shape index (κ1) is 20.9. The Hall–Kier alpha value is -3.94. The topological polar surface area (TPSA) is 96.7 Å². The molecule has 8 nitrogen and oxygen atoms in total. The zero-order valence-corrected chi connectivity index (χ0v) is 18.9. The van der Waals surface area contributed by atoms with Crippen LogP contribution >= 0.6 is 0 Å². The number of benzene rings is 2. The lowest BCUT2D eigenvalue weighted by Gasteiger charge is -2.38. The highest BCUT2D eigenvalue weighted by molar-refractivity contribution is 6.16. The van der Waals surface area contributed by atoms with Crippen molar-refractivity contribution < 1.29 is 23.8 Å². The lowest BCUT2D eigenvalue weighted by Crippen LogP contribution is -2.52. The largest absolute Gasteiger partial charge is 0.496 e. The van der Waals surface area contributed by atoms with Crippen LogP contribution in [0.2, 0.25) is 0 Å². The molecule has 4 aromatic rings. The van der Waals surface area contributed by atoms with Crippen molar-refractivity contribution in [3.8, 4) is 11.5 Å². The zero-order chi connectivity index (χ0) is 23.7. The van der Waals surface area contributed by atoms with Gasteiger partial charge in [-0.1, -0.05) is 18.2 Å². The number of carbonyl (C=O) groups excluding carboxylic acids is 2. The Morgan fingerprint density at radius 1 is 1.18 bits per heavy atom. The Morgan fingerprint density at radius 2 is 1.91 bits per heavy atom. The number of hydrogen-bond acceptors (Lipinski definition) is 7. The van der Waals surface area contributed by atoms with Crippen molar-refractivity contribution in [2.24, 2.45) is 7.05 Å². The number of nitrogens with zero attached hydrogens (tertiary/aromatic N) is 2. The minimum Gasteiger partial charge on any atom is -0.496 e. The van der Waals surface area contributed by atoms with E-state index < -0.39 is 23.5 Å². The van der Waals surface area contributed by atoms with E-state index in [4.69, 9.17) is 19.2 Å². The first-order valence-electron chi connectivity index (χ1n) is 10.5. The molecule has 0 N–H and O–H groups in total. The maximum Gasteiger partial charge on any atom is 0.303 e. The average Bonchev–Trinajstić information content (AvgIpc) is 2.77. The summed E-state index contributed by atoms with van der Waals surface area (Å²) in [4.78, 5) is 43.8. The molecule has 8 heteroatoms. The molecule has 1 atom stereocenters. The summed E-state index contributed by atoms with van der Waals surface area (Å²) in [5, 5.41) is 1.47. The molecular formula is C25H22N2O6. The molecule has 0 fully saturated rings. The van der Waals surface area contributed by atoms with Crippen molar-refractivity contribution in [1.82, 2.24) is 9.55 Å². The second kappa shape index (κ2) is 7.03. The Bertz CT molecular complexity index is 1570. The summed E-state index contributed by atoms with van der Waals surface area (Å²) in [6, 6.07) is 10.8. The third-order valence-electron chi connectivity index (χ3n) is 6.05. The van der Waals surface area contributed by atoms with Gasteiger partial charge in [-0.2, -0.15) is 0 Å². The number of ether oxygens (including phenoxy) is 3. The molecule has 0 bridgehead atoms. The summed E-state index contributed by atoms with van der Waals surface area (Å²) >= 11 is 0. The minimum atomic E-state index is -1.17. The highest BCUT2D eigenvalue weighted by Crippen LogP contribution is 2.42. The molecule has 2 aromatic carbocycles. The number of esters is 1. The van der Waals surface area contributed by atoms with Crippen LogP contribution in [0.15, 0.2) is 41.2 Å². The molecule has 1 unspecified atom stereocenters. The van der Waals surface area contributed by atoms with E-state index in [1.807, 2.05) is 24.3 Å². The third kappa shape index (κ3) is 2.97. The fraction of sp³-hybridized carbons (Fsp3) is 0.280. The van der Waals surface area contributed by atoms with Crippen LogP contribution in [0.5, 0.6) is 11.5 Å². The summed E-state index contributed by atoms with van der Waals surface area (Å²) in [5.74, 6) is -0.500. The van der Waals surface area contributed by atoms with Crippen LogP contribution in [0.1, 0.15) is 31.1 Å². The van der Waals surface area contributed by atoms with Gasteiger partial charge in [0, 0.05) is 25.4 Å². The fourth-order valence-corrected chi connectivity index (χ4v) is 4.57. The maximum atomic E-state index is 13.7. The summed E-state index contributed by atoms with van der Waals surface area (Å²) < 4.78 is 18.7. The summed E-state index contributed by atoms with van der Waals surface area (Å²) in [5.41, 5.74) is 0.201. The number of para-hydroxylation sites is 1. The van der Waals surface area contributed by atoms with E-state index >= 15 is 0 Å². The summed E-state index contributed by atoms with van der Waals surface area (Å²) in [6.07, 6.45) is -1.17. The molecule has 0 saturated heterocycles. The van der Waals surface area contributed by atoms with Crippen LogP contribution in [-0.2, 0) is 16.6 Å². The first-order valence-corrected chi connectivity index (χ1v) is 10.5. The van der Waals surface area contributed by atoms with E-state index in [9.17, 15) is 14.4 Å². The van der Waals surface area contributed by atoms with Crippen LogP contribution in [0, 0.1) is 0 Å². The number of methoxy groups -OCH3 is 1. The molecule has 0 spiro atoms. The molecule has 0 aliphatic carbocycles. The van der Waals surface area contributed by atoms with Gasteiger partial charge >= 0.3 is 5.97 Å². The van der Waals surface area contributed by atoms with Gasteiger partial charge in [-0.05, 0) is 26.0 Å². The van der Waals surface area contributed by atoms with Gasteiger partial charge < -0.3 is 18.8 Å². The average molecular weight is 446 g/mol. The van der Waals surface area contributed by atoms with Crippen LogP contribution in [0.4, 0.5) is 0 Å². The van der Waals surface area contributed by atoms with E-state index in [1.165, 1.54) is 14.0 Å². The number of rotatable bonds is 2. The Balaban J connectivity index is 1.95. The molecule has 0 amide bonds. The van der Waals surface area contributed by atoms with Gasteiger partial charge in [-0.25, -0.2) is 4.98 Å². The highest BCUT2D eigenvalue weighted by atomic mass is 16.6. The van der Waals surface area contributed by atoms with Gasteiger partial charge in [-0.3, -0.25) is 14.4 Å². The summed E-state index contributed by atoms with van der Waals surface area (Å²) in [6.45, 7) is 4.58. The molecule has 168 valence electrons. The number of fused-ring (bicyclic) bond motifs is 5. The van der Waals surface area contributed by atoms with Crippen molar-refractivity contribution in [3.63, 3.8) is 0 Å². The molecule has 5 rings (SSSR count). The van der Waals surface area contributed by atoms with Crippen LogP contribution in [0.25, 0.3) is 32.8 Å². The van der Waals surface area contributed by atoms with Crippen molar-refractivity contribution in [3.05, 3.63) is 52.2 Å². The molecule has 1 aliphatic heterocycles. The van der Waals surface area contributed by atoms with Crippen molar-refractivity contribution >= 4 is 44.6 Å². The SMILES string of the molecule is COc1cc2c(c3c1c(=O)c1cc4ccccc4nc1n3C)C(=O)C(OC(C)=O)C(C)(C)O2. The Morgan fingerprint density at radius 3 is 2.61 bits per heavy atom. The lowest BCUT2D eigenvalue weighted by atomic mass is 9.87. The van der Waals surface area contributed by atoms with E-state index in [2.05, 4.69) is 0 Å². The van der Waals surface area contributed by atoms with Crippen molar-refractivity contribution in [1.29, 1.82) is 0 Å². The van der Waals surface area contributed by atoms with Gasteiger partial charge in [0.25, 0.3) is 0 Å². The van der Waals surface area contributed by atoms with Gasteiger partial charge in [0.15, 0.2) is 0 Å². The maximum absolute atomic E-state index is 13.7. The molecule has 0 saturated carbocycles. The van der Waals surface area contributed by atoms with Gasteiger partial charge in [0.2, 0.25) is 17.3 Å². The number of aryl methyl sites for hydroxylation is 1. The summed E-state index contributed by atoms with van der Waals surface area (Å²) in [7, 11) is 3.19.